The van der Waals surface area contributed by atoms with Crippen LogP contribution in [0.25, 0.3) is 0 Å². The quantitative estimate of drug-likeness (QED) is 0.718. The average Bonchev–Trinajstić information content (AvgIpc) is 2.76. The minimum absolute atomic E-state index is 0.0686. The number of hydrogen-bond donors (Lipinski definition) is 1. The molecule has 0 aliphatic rings. The molecule has 1 aromatic heterocycles. The second-order valence-corrected chi connectivity index (χ2v) is 7.07. The number of carbonyl (C=O) groups excluding carboxylic acids is 1. The summed E-state index contributed by atoms with van der Waals surface area (Å²) in [6.07, 6.45) is 4.84. The van der Waals surface area contributed by atoms with Crippen LogP contribution in [0.4, 0.5) is 0 Å². The van der Waals surface area contributed by atoms with Gasteiger partial charge in [-0.25, -0.2) is 0 Å². The molecule has 1 amide bonds. The van der Waals surface area contributed by atoms with Gasteiger partial charge in [0.2, 0.25) is 0 Å². The number of thiophene rings is 1. The van der Waals surface area contributed by atoms with Gasteiger partial charge >= 0.3 is 0 Å². The zero-order valence-corrected chi connectivity index (χ0v) is 13.4. The Kier molecular flexibility index (Phi) is 7.11. The minimum atomic E-state index is 0.0686. The lowest BCUT2D eigenvalue weighted by atomic mass is 9.99. The Morgan fingerprint density at radius 3 is 2.82 bits per heavy atom. The van der Waals surface area contributed by atoms with Crippen LogP contribution in [0.5, 0.6) is 0 Å². The van der Waals surface area contributed by atoms with Crippen molar-refractivity contribution in [3.05, 3.63) is 19.9 Å². The Morgan fingerprint density at radius 1 is 1.53 bits per heavy atom. The molecule has 0 aromatic carbocycles. The first-order valence-corrected chi connectivity index (χ1v) is 8.15. The van der Waals surface area contributed by atoms with E-state index in [0.29, 0.717) is 5.92 Å². The van der Waals surface area contributed by atoms with Crippen LogP contribution >= 0.6 is 33.9 Å². The highest BCUT2D eigenvalue weighted by molar-refractivity contribution is 14.1. The Labute approximate surface area is 121 Å². The maximum absolute atomic E-state index is 11.8. The first-order chi connectivity index (χ1) is 8.17. The molecule has 0 radical (unpaired) electrons. The van der Waals surface area contributed by atoms with Crippen LogP contribution in [0.1, 0.15) is 49.9 Å². The summed E-state index contributed by atoms with van der Waals surface area (Å²) in [5.74, 6) is 0.690. The van der Waals surface area contributed by atoms with Gasteiger partial charge in [-0.3, -0.25) is 4.79 Å². The summed E-state index contributed by atoms with van der Waals surface area (Å²) in [4.78, 5) is 11.8. The van der Waals surface area contributed by atoms with Gasteiger partial charge < -0.3 is 5.32 Å². The Hall–Kier alpha value is -0.100. The highest BCUT2D eigenvalue weighted by Gasteiger charge is 2.10. The molecule has 4 heteroatoms. The number of unbranched alkanes of at least 4 members (excludes halogenated alkanes) is 1. The second kappa shape index (κ2) is 8.08. The molecule has 1 unspecified atom stereocenters. The lowest BCUT2D eigenvalue weighted by Gasteiger charge is -2.14. The monoisotopic (exact) mass is 365 g/mol. The van der Waals surface area contributed by atoms with Gasteiger partial charge in [0.25, 0.3) is 5.91 Å². The van der Waals surface area contributed by atoms with Crippen molar-refractivity contribution in [3.63, 3.8) is 0 Å². The van der Waals surface area contributed by atoms with E-state index in [1.165, 1.54) is 19.3 Å². The van der Waals surface area contributed by atoms with Crippen molar-refractivity contribution in [2.75, 3.05) is 6.54 Å². The zero-order chi connectivity index (χ0) is 12.7. The van der Waals surface area contributed by atoms with Crippen molar-refractivity contribution in [2.24, 2.45) is 5.92 Å². The summed E-state index contributed by atoms with van der Waals surface area (Å²) >= 11 is 3.85. The van der Waals surface area contributed by atoms with Crippen molar-refractivity contribution >= 4 is 39.8 Å². The van der Waals surface area contributed by atoms with Crippen molar-refractivity contribution < 1.29 is 4.79 Å². The number of hydrogen-bond acceptors (Lipinski definition) is 2. The molecule has 1 heterocycles. The molecule has 0 fully saturated rings. The van der Waals surface area contributed by atoms with Gasteiger partial charge in [-0.15, -0.1) is 11.3 Å². The van der Waals surface area contributed by atoms with Gasteiger partial charge in [0.15, 0.2) is 0 Å². The van der Waals surface area contributed by atoms with E-state index < -0.39 is 0 Å². The molecule has 0 saturated carbocycles. The average molecular weight is 365 g/mol. The Morgan fingerprint density at radius 2 is 2.29 bits per heavy atom. The molecule has 17 heavy (non-hydrogen) atoms. The molecule has 1 rings (SSSR count). The normalized spacial score (nSPS) is 12.4. The first-order valence-electron chi connectivity index (χ1n) is 6.19. The Balaban J connectivity index is 2.36. The number of nitrogens with one attached hydrogen (secondary N) is 1. The molecule has 0 saturated heterocycles. The van der Waals surface area contributed by atoms with Crippen LogP contribution in [0.15, 0.2) is 11.4 Å². The minimum Gasteiger partial charge on any atom is -0.352 e. The third kappa shape index (κ3) is 5.38. The fourth-order valence-electron chi connectivity index (χ4n) is 1.71. The number of rotatable bonds is 7. The van der Waals surface area contributed by atoms with E-state index in [2.05, 4.69) is 41.8 Å². The van der Waals surface area contributed by atoms with Crippen molar-refractivity contribution in [3.8, 4) is 0 Å². The summed E-state index contributed by atoms with van der Waals surface area (Å²) in [5, 5.41) is 4.96. The molecular weight excluding hydrogens is 345 g/mol. The van der Waals surface area contributed by atoms with Gasteiger partial charge in [-0.2, -0.15) is 0 Å². The highest BCUT2D eigenvalue weighted by Crippen LogP contribution is 2.17. The molecule has 0 aliphatic heterocycles. The molecule has 1 aromatic rings. The fourth-order valence-corrected chi connectivity index (χ4v) is 3.04. The van der Waals surface area contributed by atoms with Gasteiger partial charge in [0.1, 0.15) is 0 Å². The van der Waals surface area contributed by atoms with Gasteiger partial charge in [0, 0.05) is 11.9 Å². The first kappa shape index (κ1) is 15.0. The Bertz CT molecular complexity index is 351. The van der Waals surface area contributed by atoms with E-state index in [-0.39, 0.29) is 5.91 Å². The summed E-state index contributed by atoms with van der Waals surface area (Å²) in [6.45, 7) is 5.21. The molecule has 0 bridgehead atoms. The van der Waals surface area contributed by atoms with Crippen LogP contribution in [0, 0.1) is 8.80 Å². The van der Waals surface area contributed by atoms with Crippen molar-refractivity contribution in [1.82, 2.24) is 5.32 Å². The van der Waals surface area contributed by atoms with Gasteiger partial charge in [-0.05, 0) is 41.0 Å². The molecular formula is C13H20INOS. The number of amides is 1. The molecule has 96 valence electrons. The summed E-state index contributed by atoms with van der Waals surface area (Å²) in [6, 6.07) is 1.94. The standard InChI is InChI=1S/C13H20INOS/c1-3-5-6-10(4-2)8-15-13(16)11-7-12(14)17-9-11/h7,9-10H,3-6,8H2,1-2H3,(H,15,16). The number of halogens is 1. The fraction of sp³-hybridized carbons (Fsp3) is 0.615. The molecule has 2 nitrogen and oxygen atoms in total. The largest absolute Gasteiger partial charge is 0.352 e. The third-order valence-corrected chi connectivity index (χ3v) is 4.71. The predicted molar refractivity (Wildman–Crippen MR) is 82.7 cm³/mol. The van der Waals surface area contributed by atoms with Crippen molar-refractivity contribution in [2.45, 2.75) is 39.5 Å². The van der Waals surface area contributed by atoms with E-state index in [0.717, 1.165) is 21.4 Å². The highest BCUT2D eigenvalue weighted by atomic mass is 127. The molecule has 0 spiro atoms. The van der Waals surface area contributed by atoms with Crippen LogP contribution in [0.3, 0.4) is 0 Å². The smallest absolute Gasteiger partial charge is 0.252 e. The lowest BCUT2D eigenvalue weighted by molar-refractivity contribution is 0.0946. The van der Waals surface area contributed by atoms with Crippen LogP contribution < -0.4 is 5.32 Å². The maximum atomic E-state index is 11.8. The van der Waals surface area contributed by atoms with Crippen LogP contribution in [-0.4, -0.2) is 12.5 Å². The molecule has 1 atom stereocenters. The predicted octanol–water partition coefficient (Wildman–Crippen LogP) is 4.30. The second-order valence-electron chi connectivity index (χ2n) is 4.27. The van der Waals surface area contributed by atoms with Gasteiger partial charge in [-0.1, -0.05) is 33.1 Å². The van der Waals surface area contributed by atoms with Gasteiger partial charge in [0.05, 0.1) is 8.45 Å². The van der Waals surface area contributed by atoms with E-state index in [1.54, 1.807) is 11.3 Å². The molecule has 1 N–H and O–H groups in total. The SMILES string of the molecule is CCCCC(CC)CNC(=O)c1csc(I)c1. The van der Waals surface area contributed by atoms with E-state index in [1.807, 2.05) is 11.4 Å². The van der Waals surface area contributed by atoms with Crippen LogP contribution in [0.2, 0.25) is 0 Å². The maximum Gasteiger partial charge on any atom is 0.252 e. The molecule has 0 aliphatic carbocycles. The summed E-state index contributed by atoms with van der Waals surface area (Å²) in [5.41, 5.74) is 0.796. The van der Waals surface area contributed by atoms with E-state index in [9.17, 15) is 4.79 Å². The topological polar surface area (TPSA) is 29.1 Å². The third-order valence-electron chi connectivity index (χ3n) is 2.92. The van der Waals surface area contributed by atoms with Crippen molar-refractivity contribution in [1.29, 1.82) is 0 Å². The summed E-state index contributed by atoms with van der Waals surface area (Å²) < 4.78 is 1.16. The zero-order valence-electron chi connectivity index (χ0n) is 10.5. The summed E-state index contributed by atoms with van der Waals surface area (Å²) in [7, 11) is 0. The van der Waals surface area contributed by atoms with Crippen LogP contribution in [-0.2, 0) is 0 Å². The van der Waals surface area contributed by atoms with E-state index >= 15 is 0 Å². The van der Waals surface area contributed by atoms with E-state index in [4.69, 9.17) is 0 Å². The number of carbonyl (C=O) groups is 1. The lowest BCUT2D eigenvalue weighted by Crippen LogP contribution is -2.28.